The fourth-order valence-electron chi connectivity index (χ4n) is 4.58. The van der Waals surface area contributed by atoms with Crippen molar-refractivity contribution in [3.05, 3.63) is 17.5 Å². The first-order chi connectivity index (χ1) is 14.8. The zero-order valence-corrected chi connectivity index (χ0v) is 18.0. The van der Waals surface area contributed by atoms with Crippen molar-refractivity contribution < 1.29 is 14.4 Å². The molecule has 2 aliphatic rings. The van der Waals surface area contributed by atoms with Gasteiger partial charge in [-0.25, -0.2) is 9.67 Å². The second-order valence-corrected chi connectivity index (χ2v) is 8.43. The Kier molecular flexibility index (Phi) is 5.55. The second-order valence-electron chi connectivity index (χ2n) is 8.43. The Morgan fingerprint density at radius 2 is 2.03 bits per heavy atom. The number of fused-ring (bicyclic) bond motifs is 1. The van der Waals surface area contributed by atoms with Crippen LogP contribution in [0.15, 0.2) is 11.4 Å². The van der Waals surface area contributed by atoms with E-state index in [-0.39, 0.29) is 12.8 Å². The number of aromatic nitrogens is 3. The standard InChI is InChI=1S/C21H29N7O3/c1-3-28-19-17(12(2)26-28)18(25-13-7-5-4-6-8-13)14(11-24-19)15-9-21(20(23)30,31-27-15)10-16(22)29/h11,13H,3-10H2,1-2H3,(H2,22,29)(H2,23,30)(H,24,25). The number of amides is 2. The summed E-state index contributed by atoms with van der Waals surface area (Å²) < 4.78 is 1.87. The smallest absolute Gasteiger partial charge is 0.265 e. The monoisotopic (exact) mass is 427 g/mol. The van der Waals surface area contributed by atoms with Crippen molar-refractivity contribution >= 4 is 34.2 Å². The number of oxime groups is 1. The normalized spacial score (nSPS) is 21.7. The maximum atomic E-state index is 12.1. The minimum atomic E-state index is -1.57. The van der Waals surface area contributed by atoms with Crippen LogP contribution in [0, 0.1) is 6.92 Å². The molecule has 0 radical (unpaired) electrons. The zero-order chi connectivity index (χ0) is 22.2. The number of pyridine rings is 1. The number of hydrogen-bond acceptors (Lipinski definition) is 7. The van der Waals surface area contributed by atoms with E-state index in [9.17, 15) is 9.59 Å². The number of nitrogens with zero attached hydrogens (tertiary/aromatic N) is 4. The summed E-state index contributed by atoms with van der Waals surface area (Å²) >= 11 is 0. The minimum Gasteiger partial charge on any atom is -0.381 e. The van der Waals surface area contributed by atoms with Crippen LogP contribution in [-0.2, 0) is 21.0 Å². The fraction of sp³-hybridized carbons (Fsp3) is 0.571. The minimum absolute atomic E-state index is 0.0543. The summed E-state index contributed by atoms with van der Waals surface area (Å²) in [6.45, 7) is 4.68. The molecule has 0 bridgehead atoms. The molecule has 2 amide bonds. The number of nitrogens with one attached hydrogen (secondary N) is 1. The van der Waals surface area contributed by atoms with Crippen LogP contribution in [-0.4, -0.2) is 43.9 Å². The Morgan fingerprint density at radius 1 is 1.29 bits per heavy atom. The van der Waals surface area contributed by atoms with Gasteiger partial charge in [-0.1, -0.05) is 24.4 Å². The van der Waals surface area contributed by atoms with Gasteiger partial charge in [0.25, 0.3) is 5.91 Å². The van der Waals surface area contributed by atoms with E-state index in [1.807, 2.05) is 18.5 Å². The highest BCUT2D eigenvalue weighted by atomic mass is 16.7. The summed E-state index contributed by atoms with van der Waals surface area (Å²) in [4.78, 5) is 33.7. The molecule has 1 saturated carbocycles. The number of aryl methyl sites for hydroxylation is 2. The van der Waals surface area contributed by atoms with Crippen LogP contribution in [0.4, 0.5) is 5.69 Å². The lowest BCUT2D eigenvalue weighted by Crippen LogP contribution is -2.47. The van der Waals surface area contributed by atoms with Crippen LogP contribution in [0.1, 0.15) is 63.1 Å². The Balaban J connectivity index is 1.78. The molecule has 0 aromatic carbocycles. The first kappa shape index (κ1) is 21.1. The highest BCUT2D eigenvalue weighted by molar-refractivity contribution is 6.13. The first-order valence-electron chi connectivity index (χ1n) is 10.8. The first-order valence-corrected chi connectivity index (χ1v) is 10.8. The molecule has 31 heavy (non-hydrogen) atoms. The van der Waals surface area contributed by atoms with Crippen molar-refractivity contribution in [3.8, 4) is 0 Å². The van der Waals surface area contributed by atoms with Gasteiger partial charge in [0, 0.05) is 30.8 Å². The molecule has 1 aliphatic carbocycles. The number of carbonyl (C=O) groups excluding carboxylic acids is 2. The van der Waals surface area contributed by atoms with Crippen molar-refractivity contribution in [2.75, 3.05) is 5.32 Å². The van der Waals surface area contributed by atoms with Crippen molar-refractivity contribution in [3.63, 3.8) is 0 Å². The second kappa shape index (κ2) is 8.16. The van der Waals surface area contributed by atoms with E-state index in [4.69, 9.17) is 16.3 Å². The molecule has 166 valence electrons. The Morgan fingerprint density at radius 3 is 2.68 bits per heavy atom. The molecule has 2 aromatic rings. The number of carbonyl (C=O) groups is 2. The van der Waals surface area contributed by atoms with Gasteiger partial charge >= 0.3 is 0 Å². The van der Waals surface area contributed by atoms with Gasteiger partial charge in [-0.3, -0.25) is 9.59 Å². The SMILES string of the molecule is CCn1nc(C)c2c(NC3CCCCC3)c(C3=NOC(CC(N)=O)(C(N)=O)C3)cnc21. The third-order valence-electron chi connectivity index (χ3n) is 6.19. The van der Waals surface area contributed by atoms with Crippen LogP contribution in [0.5, 0.6) is 0 Å². The molecule has 10 heteroatoms. The highest BCUT2D eigenvalue weighted by Gasteiger charge is 2.47. The van der Waals surface area contributed by atoms with Gasteiger partial charge in [0.05, 0.1) is 28.9 Å². The van der Waals surface area contributed by atoms with Crippen LogP contribution in [0.2, 0.25) is 0 Å². The van der Waals surface area contributed by atoms with E-state index in [2.05, 4.69) is 20.6 Å². The molecule has 3 heterocycles. The van der Waals surface area contributed by atoms with E-state index in [0.29, 0.717) is 18.3 Å². The Labute approximate surface area is 180 Å². The van der Waals surface area contributed by atoms with Gasteiger partial charge in [0.1, 0.15) is 0 Å². The number of rotatable bonds is 7. The molecular formula is C21H29N7O3. The summed E-state index contributed by atoms with van der Waals surface area (Å²) in [5, 5.41) is 13.4. The molecule has 4 rings (SSSR count). The maximum Gasteiger partial charge on any atom is 0.265 e. The lowest BCUT2D eigenvalue weighted by atomic mass is 9.89. The van der Waals surface area contributed by atoms with E-state index in [1.165, 1.54) is 19.3 Å². The van der Waals surface area contributed by atoms with Crippen molar-refractivity contribution in [1.29, 1.82) is 0 Å². The molecule has 2 aromatic heterocycles. The average molecular weight is 428 g/mol. The Hall–Kier alpha value is -3.17. The largest absolute Gasteiger partial charge is 0.381 e. The molecule has 5 N–H and O–H groups in total. The average Bonchev–Trinajstić information content (AvgIpc) is 3.31. The summed E-state index contributed by atoms with van der Waals surface area (Å²) in [6, 6.07) is 0.330. The third kappa shape index (κ3) is 3.82. The number of anilines is 1. The molecule has 1 aliphatic heterocycles. The number of primary amides is 2. The topological polar surface area (TPSA) is 151 Å². The Bertz CT molecular complexity index is 1050. The molecule has 0 saturated heterocycles. The van der Waals surface area contributed by atoms with Crippen LogP contribution >= 0.6 is 0 Å². The summed E-state index contributed by atoms with van der Waals surface area (Å²) in [5.41, 5.74) is 13.1. The van der Waals surface area contributed by atoms with Crippen LogP contribution in [0.25, 0.3) is 11.0 Å². The summed E-state index contributed by atoms with van der Waals surface area (Å²) in [5.74, 6) is -1.44. The van der Waals surface area contributed by atoms with Crippen molar-refractivity contribution in [2.45, 2.75) is 77.0 Å². The predicted molar refractivity (Wildman–Crippen MR) is 116 cm³/mol. The molecule has 1 unspecified atom stereocenters. The lowest BCUT2D eigenvalue weighted by molar-refractivity contribution is -0.145. The van der Waals surface area contributed by atoms with Crippen LogP contribution in [0.3, 0.4) is 0 Å². The van der Waals surface area contributed by atoms with E-state index >= 15 is 0 Å². The quantitative estimate of drug-likeness (QED) is 0.612. The van der Waals surface area contributed by atoms with Gasteiger partial charge in [-0.05, 0) is 26.7 Å². The van der Waals surface area contributed by atoms with Crippen molar-refractivity contribution in [1.82, 2.24) is 14.8 Å². The third-order valence-corrected chi connectivity index (χ3v) is 6.19. The van der Waals surface area contributed by atoms with Gasteiger partial charge < -0.3 is 21.6 Å². The lowest BCUT2D eigenvalue weighted by Gasteiger charge is -2.26. The predicted octanol–water partition coefficient (Wildman–Crippen LogP) is 1.73. The van der Waals surface area contributed by atoms with Gasteiger partial charge in [0.2, 0.25) is 11.5 Å². The van der Waals surface area contributed by atoms with Crippen molar-refractivity contribution in [2.24, 2.45) is 16.6 Å². The summed E-state index contributed by atoms with van der Waals surface area (Å²) in [7, 11) is 0. The fourth-order valence-corrected chi connectivity index (χ4v) is 4.58. The number of nitrogens with two attached hydrogens (primary N) is 2. The molecule has 10 nitrogen and oxygen atoms in total. The zero-order valence-electron chi connectivity index (χ0n) is 18.0. The molecule has 1 atom stereocenters. The highest BCUT2D eigenvalue weighted by Crippen LogP contribution is 2.37. The van der Waals surface area contributed by atoms with Gasteiger partial charge in [-0.2, -0.15) is 5.10 Å². The van der Waals surface area contributed by atoms with E-state index in [1.54, 1.807) is 6.20 Å². The molecule has 1 fully saturated rings. The van der Waals surface area contributed by atoms with Crippen LogP contribution < -0.4 is 16.8 Å². The van der Waals surface area contributed by atoms with E-state index in [0.717, 1.165) is 40.8 Å². The van der Waals surface area contributed by atoms with Gasteiger partial charge in [-0.15, -0.1) is 0 Å². The summed E-state index contributed by atoms with van der Waals surface area (Å²) in [6.07, 6.45) is 7.23. The van der Waals surface area contributed by atoms with Gasteiger partial charge in [0.15, 0.2) is 5.65 Å². The molecular weight excluding hydrogens is 398 g/mol. The molecule has 0 spiro atoms. The maximum absolute atomic E-state index is 12.1. The van der Waals surface area contributed by atoms with E-state index < -0.39 is 17.4 Å². The number of hydrogen-bond donors (Lipinski definition) is 3.